The summed E-state index contributed by atoms with van der Waals surface area (Å²) in [7, 11) is 3.46. The highest BCUT2D eigenvalue weighted by atomic mass is 35.5. The summed E-state index contributed by atoms with van der Waals surface area (Å²) < 4.78 is 0. The second-order valence-corrected chi connectivity index (χ2v) is 5.15. The van der Waals surface area contributed by atoms with Gasteiger partial charge in [0.25, 0.3) is 0 Å². The molecule has 94 valence electrons. The smallest absolute Gasteiger partial charge is 0.324 e. The van der Waals surface area contributed by atoms with E-state index >= 15 is 0 Å². The molecule has 0 fully saturated rings. The number of aliphatic carboxylic acids is 1. The second-order valence-electron chi connectivity index (χ2n) is 4.36. The van der Waals surface area contributed by atoms with Crippen molar-refractivity contribution in [1.82, 2.24) is 4.90 Å². The van der Waals surface area contributed by atoms with E-state index in [2.05, 4.69) is 0 Å². The van der Waals surface area contributed by atoms with Crippen LogP contribution in [0, 0.1) is 0 Å². The van der Waals surface area contributed by atoms with Crippen LogP contribution in [0.4, 0.5) is 0 Å². The molecule has 0 aliphatic rings. The molecule has 1 unspecified atom stereocenters. The first kappa shape index (κ1) is 14.3. The van der Waals surface area contributed by atoms with Crippen LogP contribution < -0.4 is 0 Å². The third-order valence-corrected chi connectivity index (χ3v) is 3.87. The Morgan fingerprint density at radius 1 is 1.41 bits per heavy atom. The fourth-order valence-electron chi connectivity index (χ4n) is 1.48. The molecule has 0 aliphatic carbocycles. The number of hydrogen-bond acceptors (Lipinski definition) is 2. The molecule has 3 nitrogen and oxygen atoms in total. The molecule has 17 heavy (non-hydrogen) atoms. The van der Waals surface area contributed by atoms with Gasteiger partial charge < -0.3 is 5.11 Å². The maximum atomic E-state index is 11.3. The Balaban J connectivity index is 3.11. The zero-order chi connectivity index (χ0) is 13.2. The average molecular weight is 276 g/mol. The van der Waals surface area contributed by atoms with Crippen LogP contribution in [0.15, 0.2) is 18.2 Å². The zero-order valence-electron chi connectivity index (χ0n) is 10.00. The summed E-state index contributed by atoms with van der Waals surface area (Å²) in [4.78, 5) is 13.0. The zero-order valence-corrected chi connectivity index (χ0v) is 11.5. The van der Waals surface area contributed by atoms with Gasteiger partial charge in [0.05, 0.1) is 10.0 Å². The van der Waals surface area contributed by atoms with Gasteiger partial charge in [-0.25, -0.2) is 0 Å². The molecule has 1 atom stereocenters. The van der Waals surface area contributed by atoms with Crippen molar-refractivity contribution >= 4 is 29.2 Å². The minimum Gasteiger partial charge on any atom is -0.480 e. The maximum Gasteiger partial charge on any atom is 0.324 e. The lowest BCUT2D eigenvalue weighted by atomic mass is 9.91. The van der Waals surface area contributed by atoms with E-state index in [4.69, 9.17) is 23.2 Å². The standard InChI is InChI=1S/C12H15Cl2NO2/c1-12(11(16)17,15(2)3)7-8-5-4-6-9(13)10(8)14/h4-6H,7H2,1-3H3,(H,16,17). The fraction of sp³-hybridized carbons (Fsp3) is 0.417. The van der Waals surface area contributed by atoms with Crippen molar-refractivity contribution in [1.29, 1.82) is 0 Å². The molecular formula is C12H15Cl2NO2. The molecule has 0 aliphatic heterocycles. The van der Waals surface area contributed by atoms with Gasteiger partial charge in [-0.3, -0.25) is 9.69 Å². The van der Waals surface area contributed by atoms with E-state index in [-0.39, 0.29) is 0 Å². The fourth-order valence-corrected chi connectivity index (χ4v) is 1.87. The summed E-state index contributed by atoms with van der Waals surface area (Å²) in [6.45, 7) is 1.66. The Morgan fingerprint density at radius 2 is 2.00 bits per heavy atom. The van der Waals surface area contributed by atoms with Gasteiger partial charge in [-0.05, 0) is 32.6 Å². The molecule has 0 heterocycles. The molecule has 0 radical (unpaired) electrons. The van der Waals surface area contributed by atoms with Crippen LogP contribution in [0.5, 0.6) is 0 Å². The van der Waals surface area contributed by atoms with E-state index in [9.17, 15) is 9.90 Å². The molecule has 0 aromatic heterocycles. The van der Waals surface area contributed by atoms with Crippen LogP contribution in [-0.4, -0.2) is 35.6 Å². The predicted molar refractivity (Wildman–Crippen MR) is 69.9 cm³/mol. The third-order valence-electron chi connectivity index (χ3n) is 3.01. The highest BCUT2D eigenvalue weighted by molar-refractivity contribution is 6.42. The summed E-state index contributed by atoms with van der Waals surface area (Å²) in [5.74, 6) is -0.890. The van der Waals surface area contributed by atoms with Gasteiger partial charge >= 0.3 is 5.97 Å². The largest absolute Gasteiger partial charge is 0.480 e. The molecule has 0 saturated heterocycles. The number of halogens is 2. The molecule has 0 saturated carbocycles. The maximum absolute atomic E-state index is 11.3. The summed E-state index contributed by atoms with van der Waals surface area (Å²) in [6, 6.07) is 5.24. The summed E-state index contributed by atoms with van der Waals surface area (Å²) in [6.07, 6.45) is 0.300. The Labute approximate surface area is 111 Å². The van der Waals surface area contributed by atoms with Gasteiger partial charge in [-0.15, -0.1) is 0 Å². The number of benzene rings is 1. The Kier molecular flexibility index (Phi) is 4.42. The van der Waals surface area contributed by atoms with E-state index < -0.39 is 11.5 Å². The van der Waals surface area contributed by atoms with Gasteiger partial charge in [0.1, 0.15) is 5.54 Å². The van der Waals surface area contributed by atoms with Crippen LogP contribution in [0.25, 0.3) is 0 Å². The van der Waals surface area contributed by atoms with Crippen molar-refractivity contribution in [3.8, 4) is 0 Å². The minimum absolute atomic E-state index is 0.300. The molecule has 5 heteroatoms. The second kappa shape index (κ2) is 5.25. The third kappa shape index (κ3) is 2.92. The first-order chi connectivity index (χ1) is 7.79. The molecule has 0 amide bonds. The van der Waals surface area contributed by atoms with Crippen LogP contribution >= 0.6 is 23.2 Å². The molecule has 1 aromatic carbocycles. The molecule has 1 rings (SSSR count). The van der Waals surface area contributed by atoms with Gasteiger partial charge in [0, 0.05) is 6.42 Å². The molecule has 1 N–H and O–H groups in total. The van der Waals surface area contributed by atoms with Crippen LogP contribution in [0.3, 0.4) is 0 Å². The van der Waals surface area contributed by atoms with E-state index in [1.165, 1.54) is 0 Å². The van der Waals surface area contributed by atoms with Crippen molar-refractivity contribution in [2.45, 2.75) is 18.9 Å². The number of nitrogens with zero attached hydrogens (tertiary/aromatic N) is 1. The summed E-state index contributed by atoms with van der Waals surface area (Å²) >= 11 is 12.0. The number of carboxylic acids is 1. The van der Waals surface area contributed by atoms with E-state index in [0.29, 0.717) is 16.5 Å². The SMILES string of the molecule is CN(C)C(C)(Cc1cccc(Cl)c1Cl)C(=O)O. The topological polar surface area (TPSA) is 40.5 Å². The quantitative estimate of drug-likeness (QED) is 0.919. The lowest BCUT2D eigenvalue weighted by Gasteiger charge is -2.32. The Morgan fingerprint density at radius 3 is 2.47 bits per heavy atom. The van der Waals surface area contributed by atoms with E-state index in [1.807, 2.05) is 0 Å². The van der Waals surface area contributed by atoms with Crippen molar-refractivity contribution in [2.24, 2.45) is 0 Å². The summed E-state index contributed by atoms with van der Waals surface area (Å²) in [5, 5.41) is 10.2. The Bertz CT molecular complexity index is 435. The normalized spacial score (nSPS) is 14.7. The number of carboxylic acid groups (broad SMARTS) is 1. The van der Waals surface area contributed by atoms with Gasteiger partial charge in [0.15, 0.2) is 0 Å². The van der Waals surface area contributed by atoms with Gasteiger partial charge in [-0.2, -0.15) is 0 Å². The van der Waals surface area contributed by atoms with Crippen molar-refractivity contribution in [3.05, 3.63) is 33.8 Å². The molecule has 0 bridgehead atoms. The first-order valence-corrected chi connectivity index (χ1v) is 5.88. The molecular weight excluding hydrogens is 261 g/mol. The lowest BCUT2D eigenvalue weighted by molar-refractivity contribution is -0.148. The first-order valence-electron chi connectivity index (χ1n) is 5.12. The number of likely N-dealkylation sites (N-methyl/N-ethyl adjacent to an activating group) is 1. The van der Waals surface area contributed by atoms with Crippen molar-refractivity contribution in [3.63, 3.8) is 0 Å². The molecule has 0 spiro atoms. The lowest BCUT2D eigenvalue weighted by Crippen LogP contribution is -2.50. The number of rotatable bonds is 4. The van der Waals surface area contributed by atoms with Crippen molar-refractivity contribution in [2.75, 3.05) is 14.1 Å². The average Bonchev–Trinajstić information content (AvgIpc) is 2.24. The van der Waals surface area contributed by atoms with E-state index in [0.717, 1.165) is 5.56 Å². The van der Waals surface area contributed by atoms with Crippen LogP contribution in [0.2, 0.25) is 10.0 Å². The highest BCUT2D eigenvalue weighted by Crippen LogP contribution is 2.29. The van der Waals surface area contributed by atoms with Crippen LogP contribution in [0.1, 0.15) is 12.5 Å². The number of hydrogen-bond donors (Lipinski definition) is 1. The monoisotopic (exact) mass is 275 g/mol. The molecule has 1 aromatic rings. The predicted octanol–water partition coefficient (Wildman–Crippen LogP) is 2.94. The van der Waals surface area contributed by atoms with Crippen molar-refractivity contribution < 1.29 is 9.90 Å². The van der Waals surface area contributed by atoms with Crippen LogP contribution in [-0.2, 0) is 11.2 Å². The summed E-state index contributed by atoms with van der Waals surface area (Å²) in [5.41, 5.74) is -0.272. The highest BCUT2D eigenvalue weighted by Gasteiger charge is 2.36. The van der Waals surface area contributed by atoms with E-state index in [1.54, 1.807) is 44.1 Å². The van der Waals surface area contributed by atoms with Gasteiger partial charge in [-0.1, -0.05) is 35.3 Å². The number of carbonyl (C=O) groups is 1. The van der Waals surface area contributed by atoms with Gasteiger partial charge in [0.2, 0.25) is 0 Å². The minimum atomic E-state index is -1.01. The Hall–Kier alpha value is -0.770.